The number of likely N-dealkylation sites (tertiary alicyclic amines) is 1. The summed E-state index contributed by atoms with van der Waals surface area (Å²) in [6, 6.07) is 0.288. The summed E-state index contributed by atoms with van der Waals surface area (Å²) in [7, 11) is 0. The Morgan fingerprint density at radius 2 is 2.00 bits per heavy atom. The fourth-order valence-electron chi connectivity index (χ4n) is 2.74. The molecule has 2 aliphatic rings. The summed E-state index contributed by atoms with van der Waals surface area (Å²) in [5.41, 5.74) is 5.48. The molecule has 1 saturated carbocycles. The summed E-state index contributed by atoms with van der Waals surface area (Å²) in [5.74, 6) is 1.08. The quantitative estimate of drug-likeness (QED) is 0.293. The third-order valence-electron chi connectivity index (χ3n) is 4.17. The first-order chi connectivity index (χ1) is 9.17. The van der Waals surface area contributed by atoms with E-state index in [4.69, 9.17) is 10.9 Å². The number of oxime groups is 1. The first-order valence-electron chi connectivity index (χ1n) is 7.15. The summed E-state index contributed by atoms with van der Waals surface area (Å²) in [5, 5.41) is 14.6. The Labute approximate surface area is 114 Å². The maximum atomic E-state index is 11.8. The highest BCUT2D eigenvalue weighted by Crippen LogP contribution is 2.29. The van der Waals surface area contributed by atoms with Crippen LogP contribution in [0.1, 0.15) is 38.5 Å². The van der Waals surface area contributed by atoms with Crippen molar-refractivity contribution in [3.8, 4) is 0 Å². The lowest BCUT2D eigenvalue weighted by molar-refractivity contribution is -0.123. The third-order valence-corrected chi connectivity index (χ3v) is 4.17. The van der Waals surface area contributed by atoms with Crippen molar-refractivity contribution in [3.05, 3.63) is 0 Å². The Morgan fingerprint density at radius 1 is 1.32 bits per heavy atom. The SMILES string of the molecule is NC(CN1CCC(NC(=O)CC2CCC2)CC1)=NO. The van der Waals surface area contributed by atoms with E-state index in [-0.39, 0.29) is 17.8 Å². The molecule has 108 valence electrons. The molecular formula is C13H24N4O2. The maximum absolute atomic E-state index is 11.8. The van der Waals surface area contributed by atoms with Crippen molar-refractivity contribution < 1.29 is 10.0 Å². The van der Waals surface area contributed by atoms with Crippen molar-refractivity contribution in [1.82, 2.24) is 10.2 Å². The van der Waals surface area contributed by atoms with E-state index in [1.165, 1.54) is 19.3 Å². The van der Waals surface area contributed by atoms with E-state index in [0.717, 1.165) is 25.9 Å². The molecule has 0 unspecified atom stereocenters. The van der Waals surface area contributed by atoms with Crippen LogP contribution in [0.4, 0.5) is 0 Å². The lowest BCUT2D eigenvalue weighted by Crippen LogP contribution is -2.47. The number of amides is 1. The number of nitrogens with zero attached hydrogens (tertiary/aromatic N) is 2. The van der Waals surface area contributed by atoms with Crippen LogP contribution in [-0.2, 0) is 4.79 Å². The molecule has 2 rings (SSSR count). The van der Waals surface area contributed by atoms with E-state index in [1.807, 2.05) is 0 Å². The van der Waals surface area contributed by atoms with Crippen LogP contribution in [0.3, 0.4) is 0 Å². The van der Waals surface area contributed by atoms with Crippen LogP contribution in [0.2, 0.25) is 0 Å². The molecule has 1 aliphatic carbocycles. The smallest absolute Gasteiger partial charge is 0.220 e. The van der Waals surface area contributed by atoms with Crippen LogP contribution < -0.4 is 11.1 Å². The minimum absolute atomic E-state index is 0.208. The van der Waals surface area contributed by atoms with Crippen LogP contribution in [0, 0.1) is 5.92 Å². The number of rotatable bonds is 5. The molecule has 2 fully saturated rings. The number of carbonyl (C=O) groups is 1. The van der Waals surface area contributed by atoms with E-state index in [0.29, 0.717) is 18.9 Å². The molecule has 0 atom stereocenters. The molecule has 0 aromatic rings. The van der Waals surface area contributed by atoms with Crippen LogP contribution in [0.5, 0.6) is 0 Å². The monoisotopic (exact) mass is 268 g/mol. The Balaban J connectivity index is 1.63. The average molecular weight is 268 g/mol. The highest BCUT2D eigenvalue weighted by Gasteiger charge is 2.24. The zero-order valence-corrected chi connectivity index (χ0v) is 11.3. The van der Waals surface area contributed by atoms with Crippen molar-refractivity contribution in [2.75, 3.05) is 19.6 Å². The summed E-state index contributed by atoms with van der Waals surface area (Å²) in [4.78, 5) is 14.0. The second-order valence-electron chi connectivity index (χ2n) is 5.71. The van der Waals surface area contributed by atoms with E-state index in [2.05, 4.69) is 15.4 Å². The second kappa shape index (κ2) is 6.75. The molecule has 1 saturated heterocycles. The van der Waals surface area contributed by atoms with Gasteiger partial charge in [-0.3, -0.25) is 9.69 Å². The van der Waals surface area contributed by atoms with Crippen molar-refractivity contribution >= 4 is 11.7 Å². The number of piperidine rings is 1. The maximum Gasteiger partial charge on any atom is 0.220 e. The highest BCUT2D eigenvalue weighted by atomic mass is 16.4. The fraction of sp³-hybridized carbons (Fsp3) is 0.846. The van der Waals surface area contributed by atoms with Gasteiger partial charge in [-0.15, -0.1) is 0 Å². The fourth-order valence-corrected chi connectivity index (χ4v) is 2.74. The van der Waals surface area contributed by atoms with Crippen LogP contribution >= 0.6 is 0 Å². The predicted molar refractivity (Wildman–Crippen MR) is 73.0 cm³/mol. The minimum atomic E-state index is 0.208. The first-order valence-corrected chi connectivity index (χ1v) is 7.15. The molecule has 0 radical (unpaired) electrons. The lowest BCUT2D eigenvalue weighted by atomic mass is 9.83. The summed E-state index contributed by atoms with van der Waals surface area (Å²) in [6.07, 6.45) is 6.29. The molecule has 1 aliphatic heterocycles. The molecule has 0 spiro atoms. The first kappa shape index (κ1) is 14.1. The molecule has 6 heteroatoms. The van der Waals surface area contributed by atoms with Gasteiger partial charge in [-0.05, 0) is 31.6 Å². The van der Waals surface area contributed by atoms with Gasteiger partial charge in [0.15, 0.2) is 5.84 Å². The Kier molecular flexibility index (Phi) is 5.01. The van der Waals surface area contributed by atoms with Gasteiger partial charge in [-0.1, -0.05) is 11.6 Å². The molecule has 0 aromatic carbocycles. The largest absolute Gasteiger partial charge is 0.409 e. The van der Waals surface area contributed by atoms with Gasteiger partial charge in [-0.25, -0.2) is 0 Å². The van der Waals surface area contributed by atoms with Crippen molar-refractivity contribution in [2.45, 2.75) is 44.6 Å². The van der Waals surface area contributed by atoms with Gasteiger partial charge in [0.2, 0.25) is 5.91 Å². The van der Waals surface area contributed by atoms with Gasteiger partial charge in [-0.2, -0.15) is 0 Å². The van der Waals surface area contributed by atoms with Crippen LogP contribution in [-0.4, -0.2) is 47.5 Å². The average Bonchev–Trinajstić information content (AvgIpc) is 2.36. The number of hydrogen-bond acceptors (Lipinski definition) is 4. The van der Waals surface area contributed by atoms with Gasteiger partial charge < -0.3 is 16.3 Å². The van der Waals surface area contributed by atoms with Crippen LogP contribution in [0.25, 0.3) is 0 Å². The van der Waals surface area contributed by atoms with Crippen LogP contribution in [0.15, 0.2) is 5.16 Å². The normalized spacial score (nSPS) is 23.1. The van der Waals surface area contributed by atoms with Gasteiger partial charge in [0.25, 0.3) is 0 Å². The molecule has 0 aromatic heterocycles. The number of hydrogen-bond donors (Lipinski definition) is 3. The molecule has 1 heterocycles. The summed E-state index contributed by atoms with van der Waals surface area (Å²) in [6.45, 7) is 2.26. The lowest BCUT2D eigenvalue weighted by Gasteiger charge is -2.32. The minimum Gasteiger partial charge on any atom is -0.409 e. The number of amidine groups is 1. The van der Waals surface area contributed by atoms with Gasteiger partial charge >= 0.3 is 0 Å². The van der Waals surface area contributed by atoms with E-state index in [1.54, 1.807) is 0 Å². The topological polar surface area (TPSA) is 91.0 Å². The van der Waals surface area contributed by atoms with E-state index < -0.39 is 0 Å². The summed E-state index contributed by atoms with van der Waals surface area (Å²) >= 11 is 0. The van der Waals surface area contributed by atoms with E-state index in [9.17, 15) is 4.79 Å². The number of nitrogens with two attached hydrogens (primary N) is 1. The van der Waals surface area contributed by atoms with Gasteiger partial charge in [0.1, 0.15) is 0 Å². The van der Waals surface area contributed by atoms with Crippen molar-refractivity contribution in [3.63, 3.8) is 0 Å². The third kappa shape index (κ3) is 4.38. The molecule has 4 N–H and O–H groups in total. The Bertz CT molecular complexity index is 334. The molecule has 0 bridgehead atoms. The van der Waals surface area contributed by atoms with Crippen molar-refractivity contribution in [2.24, 2.45) is 16.8 Å². The highest BCUT2D eigenvalue weighted by molar-refractivity contribution is 5.81. The zero-order valence-electron chi connectivity index (χ0n) is 11.3. The summed E-state index contributed by atoms with van der Waals surface area (Å²) < 4.78 is 0. The van der Waals surface area contributed by atoms with Gasteiger partial charge in [0, 0.05) is 25.6 Å². The van der Waals surface area contributed by atoms with Gasteiger partial charge in [0.05, 0.1) is 6.54 Å². The molecule has 19 heavy (non-hydrogen) atoms. The number of carbonyl (C=O) groups excluding carboxylic acids is 1. The molecular weight excluding hydrogens is 244 g/mol. The zero-order chi connectivity index (χ0) is 13.7. The van der Waals surface area contributed by atoms with E-state index >= 15 is 0 Å². The predicted octanol–water partition coefficient (Wildman–Crippen LogP) is 0.504. The molecule has 6 nitrogen and oxygen atoms in total. The molecule has 1 amide bonds. The van der Waals surface area contributed by atoms with Crippen molar-refractivity contribution in [1.29, 1.82) is 0 Å². The Morgan fingerprint density at radius 3 is 2.53 bits per heavy atom. The number of nitrogens with one attached hydrogen (secondary N) is 1. The second-order valence-corrected chi connectivity index (χ2v) is 5.71. The Hall–Kier alpha value is -1.30. The standard InChI is InChI=1S/C13H24N4O2/c14-12(16-19)9-17-6-4-11(5-7-17)15-13(18)8-10-2-1-3-10/h10-11,19H,1-9H2,(H2,14,16)(H,15,18).